The molecular formula is H5ClN2Na2O3. The Hall–Kier alpha value is 1.61. The van der Waals surface area contributed by atoms with Crippen LogP contribution in [0.3, 0.4) is 0 Å². The van der Waals surface area contributed by atoms with Crippen molar-refractivity contribution in [1.82, 2.24) is 6.15 Å². The van der Waals surface area contributed by atoms with Crippen LogP contribution in [-0.4, -0.2) is 5.48 Å². The molecular weight excluding hydrogens is 157 g/mol. The first-order valence-corrected chi connectivity index (χ1v) is 0.365. The SMILES string of the molecule is O=N[O-].[Cl-].[NH4+].[Na+].[Na+].[OH-]. The number of rotatable bonds is 0. The van der Waals surface area contributed by atoms with Crippen LogP contribution >= 0.6 is 0 Å². The zero-order chi connectivity index (χ0) is 2.71. The number of hydrogen-bond donors (Lipinski definition) is 1. The summed E-state index contributed by atoms with van der Waals surface area (Å²) in [7, 11) is 0. The molecule has 0 spiro atoms. The van der Waals surface area contributed by atoms with Gasteiger partial charge in [-0.25, -0.2) is 0 Å². The largest absolute Gasteiger partial charge is 1.00 e. The summed E-state index contributed by atoms with van der Waals surface area (Å²) in [6.45, 7) is 0. The van der Waals surface area contributed by atoms with E-state index < -0.39 is 0 Å². The van der Waals surface area contributed by atoms with Crippen molar-refractivity contribution in [2.75, 3.05) is 0 Å². The Morgan fingerprint density at radius 2 is 1.25 bits per heavy atom. The monoisotopic (exact) mass is 162 g/mol. The summed E-state index contributed by atoms with van der Waals surface area (Å²) >= 11 is 0. The summed E-state index contributed by atoms with van der Waals surface area (Å²) in [6.07, 6.45) is 0. The molecule has 0 amide bonds. The fourth-order valence-corrected chi connectivity index (χ4v) is 0. The van der Waals surface area contributed by atoms with Crippen LogP contribution in [0.4, 0.5) is 0 Å². The maximum absolute atomic E-state index is 8.00. The number of quaternary nitrogens is 1. The molecule has 0 aliphatic rings. The predicted octanol–water partition coefficient (Wildman–Crippen LogP) is -8.54. The molecule has 0 saturated carbocycles. The summed E-state index contributed by atoms with van der Waals surface area (Å²) in [5, 5.41) is 9.00. The van der Waals surface area contributed by atoms with Crippen molar-refractivity contribution in [2.24, 2.45) is 5.34 Å². The van der Waals surface area contributed by atoms with E-state index in [2.05, 4.69) is 0 Å². The van der Waals surface area contributed by atoms with Gasteiger partial charge in [-0.05, 0) is 0 Å². The van der Waals surface area contributed by atoms with Crippen molar-refractivity contribution < 1.29 is 77.0 Å². The molecule has 0 aliphatic heterocycles. The molecule has 0 aromatic carbocycles. The first-order valence-electron chi connectivity index (χ1n) is 0.365. The number of nitrogens with zero attached hydrogens (tertiary/aromatic N) is 1. The minimum atomic E-state index is 0. The van der Waals surface area contributed by atoms with E-state index in [1.807, 2.05) is 0 Å². The van der Waals surface area contributed by atoms with Crippen LogP contribution in [-0.2, 0) is 0 Å². The van der Waals surface area contributed by atoms with Gasteiger partial charge in [0.2, 0.25) is 0 Å². The van der Waals surface area contributed by atoms with Gasteiger partial charge in [0.15, 0.2) is 0 Å². The maximum atomic E-state index is 8.00. The van der Waals surface area contributed by atoms with Gasteiger partial charge in [0.1, 0.15) is 0 Å². The molecule has 0 fully saturated rings. The second kappa shape index (κ2) is 73.2. The molecule has 0 rings (SSSR count). The van der Waals surface area contributed by atoms with Gasteiger partial charge in [-0.2, -0.15) is 0 Å². The van der Waals surface area contributed by atoms with Gasteiger partial charge in [-0.1, -0.05) is 0 Å². The molecule has 0 radical (unpaired) electrons. The van der Waals surface area contributed by atoms with Crippen LogP contribution in [0.5, 0.6) is 0 Å². The Morgan fingerprint density at radius 3 is 1.25 bits per heavy atom. The summed E-state index contributed by atoms with van der Waals surface area (Å²) in [6, 6.07) is 0. The standard InChI is InChI=1S/ClH.HNO2.H3N.2Na.H2O/c;2-1-3;;;;/h1H;(H,2,3);1H3;;;1H2/q;;;2*+1;/p-2. The molecule has 0 saturated heterocycles. The van der Waals surface area contributed by atoms with Crippen LogP contribution in [0.1, 0.15) is 0 Å². The average Bonchev–Trinajstić information content (AvgIpc) is 0.918. The van der Waals surface area contributed by atoms with Gasteiger partial charge in [-0.15, -0.1) is 5.34 Å². The van der Waals surface area contributed by atoms with Crippen LogP contribution in [0, 0.1) is 10.1 Å². The van der Waals surface area contributed by atoms with Gasteiger partial charge in [0.05, 0.1) is 0 Å². The third kappa shape index (κ3) is 128. The molecule has 0 atom stereocenters. The summed E-state index contributed by atoms with van der Waals surface area (Å²) in [5.74, 6) is 0. The normalized spacial score (nSPS) is 1.50. The first-order chi connectivity index (χ1) is 1.41. The van der Waals surface area contributed by atoms with Crippen molar-refractivity contribution in [3.63, 3.8) is 0 Å². The Balaban J connectivity index is -0.00000000200. The van der Waals surface area contributed by atoms with E-state index >= 15 is 0 Å². The smallest absolute Gasteiger partial charge is 1.00 e. The van der Waals surface area contributed by atoms with E-state index in [0.29, 0.717) is 0 Å². The fourth-order valence-electron chi connectivity index (χ4n) is 0. The van der Waals surface area contributed by atoms with E-state index in [1.54, 1.807) is 0 Å². The van der Waals surface area contributed by atoms with Gasteiger partial charge < -0.3 is 34.1 Å². The number of halogens is 1. The van der Waals surface area contributed by atoms with Crippen LogP contribution in [0.15, 0.2) is 5.34 Å². The maximum Gasteiger partial charge on any atom is 1.00 e. The van der Waals surface area contributed by atoms with E-state index in [1.165, 1.54) is 0 Å². The van der Waals surface area contributed by atoms with Crippen LogP contribution < -0.4 is 77.7 Å². The second-order valence-electron chi connectivity index (χ2n) is 0.0745. The summed E-state index contributed by atoms with van der Waals surface area (Å²) in [4.78, 5) is 8.00. The minimum absolute atomic E-state index is 0. The van der Waals surface area contributed by atoms with Crippen molar-refractivity contribution in [2.45, 2.75) is 0 Å². The minimum Gasteiger partial charge on any atom is -1.00 e. The summed E-state index contributed by atoms with van der Waals surface area (Å²) < 4.78 is 0. The zero-order valence-electron chi connectivity index (χ0n) is 5.09. The molecule has 0 unspecified atom stereocenters. The van der Waals surface area contributed by atoms with Crippen molar-refractivity contribution in [1.29, 1.82) is 0 Å². The molecule has 0 aromatic heterocycles. The van der Waals surface area contributed by atoms with Gasteiger partial charge >= 0.3 is 59.1 Å². The van der Waals surface area contributed by atoms with E-state index in [0.717, 1.165) is 5.34 Å². The Kier molecular flexibility index (Phi) is 500. The van der Waals surface area contributed by atoms with Crippen molar-refractivity contribution in [3.05, 3.63) is 10.1 Å². The van der Waals surface area contributed by atoms with Crippen LogP contribution in [0.2, 0.25) is 0 Å². The zero-order valence-corrected chi connectivity index (χ0v) is 9.84. The Morgan fingerprint density at radius 1 is 1.25 bits per heavy atom. The quantitative estimate of drug-likeness (QED) is 0.216. The van der Waals surface area contributed by atoms with E-state index in [9.17, 15) is 0 Å². The molecule has 5 nitrogen and oxygen atoms in total. The summed E-state index contributed by atoms with van der Waals surface area (Å²) in [5.41, 5.74) is 0. The molecule has 5 N–H and O–H groups in total. The van der Waals surface area contributed by atoms with Crippen LogP contribution in [0.25, 0.3) is 0 Å². The van der Waals surface area contributed by atoms with Gasteiger partial charge in [0.25, 0.3) is 0 Å². The van der Waals surface area contributed by atoms with Crippen molar-refractivity contribution >= 4 is 0 Å². The topological polar surface area (TPSA) is 119 Å². The first kappa shape index (κ1) is 54.7. The predicted molar refractivity (Wildman–Crippen MR) is 17.1 cm³/mol. The van der Waals surface area contributed by atoms with E-state index in [4.69, 9.17) is 10.1 Å². The molecule has 8 heteroatoms. The second-order valence-corrected chi connectivity index (χ2v) is 0.0745. The van der Waals surface area contributed by atoms with E-state index in [-0.39, 0.29) is 83.1 Å². The number of hydrogen-bond acceptors (Lipinski definition) is 4. The molecule has 0 heterocycles. The third-order valence-corrected chi connectivity index (χ3v) is 0. The van der Waals surface area contributed by atoms with Gasteiger partial charge in [-0.3, -0.25) is 0 Å². The van der Waals surface area contributed by atoms with Crippen molar-refractivity contribution in [3.8, 4) is 0 Å². The third-order valence-electron chi connectivity index (χ3n) is 0. The molecule has 42 valence electrons. The molecule has 0 aliphatic carbocycles. The fraction of sp³-hybridized carbons (Fsp3) is 0. The molecule has 0 bridgehead atoms. The molecule has 0 aromatic rings. The Bertz CT molecular complexity index is 22.8. The molecule has 8 heavy (non-hydrogen) atoms. The average molecular weight is 162 g/mol. The van der Waals surface area contributed by atoms with Gasteiger partial charge in [0, 0.05) is 0 Å². The Labute approximate surface area is 97.4 Å².